The Bertz CT molecular complexity index is 759. The lowest BCUT2D eigenvalue weighted by molar-refractivity contribution is -0.136. The number of hydrogen-bond acceptors (Lipinski definition) is 6. The number of epoxide rings is 2. The molecule has 0 radical (unpaired) electrons. The quantitative estimate of drug-likeness (QED) is 0.533. The predicted molar refractivity (Wildman–Crippen MR) is 89.0 cm³/mol. The predicted octanol–water partition coefficient (Wildman–Crippen LogP) is 0.943. The van der Waals surface area contributed by atoms with Crippen molar-refractivity contribution in [3.63, 3.8) is 0 Å². The Morgan fingerprint density at radius 1 is 1.23 bits per heavy atom. The Morgan fingerprint density at radius 2 is 2.00 bits per heavy atom. The SMILES string of the molecule is CC(C)C1[C@@H](O)[C@@H]2O[C@]23[C@]2(O[C@H]2C[C@H]2C4=C(CC[C@@]23C)C(=O)OC4)[C@@H]1O. The summed E-state index contributed by atoms with van der Waals surface area (Å²) >= 11 is 0. The molecule has 142 valence electrons. The lowest BCUT2D eigenvalue weighted by atomic mass is 9.46. The highest BCUT2D eigenvalue weighted by Gasteiger charge is 2.94. The van der Waals surface area contributed by atoms with Crippen LogP contribution in [-0.4, -0.2) is 58.4 Å². The van der Waals surface area contributed by atoms with Crippen LogP contribution in [0.5, 0.6) is 0 Å². The second kappa shape index (κ2) is 4.37. The van der Waals surface area contributed by atoms with Gasteiger partial charge in [-0.3, -0.25) is 0 Å². The van der Waals surface area contributed by atoms with Crippen molar-refractivity contribution >= 4 is 5.97 Å². The first-order chi connectivity index (χ1) is 12.3. The van der Waals surface area contributed by atoms with Crippen LogP contribution in [0.3, 0.4) is 0 Å². The fourth-order valence-corrected chi connectivity index (χ4v) is 7.39. The summed E-state index contributed by atoms with van der Waals surface area (Å²) in [5, 5.41) is 22.3. The van der Waals surface area contributed by atoms with E-state index in [-0.39, 0.29) is 41.3 Å². The highest BCUT2D eigenvalue weighted by Crippen LogP contribution is 2.79. The van der Waals surface area contributed by atoms with Crippen molar-refractivity contribution in [1.29, 1.82) is 0 Å². The monoisotopic (exact) mass is 362 g/mol. The molecule has 2 N–H and O–H groups in total. The van der Waals surface area contributed by atoms with Gasteiger partial charge in [-0.2, -0.15) is 0 Å². The van der Waals surface area contributed by atoms with Crippen molar-refractivity contribution in [3.8, 4) is 0 Å². The molecule has 9 atom stereocenters. The van der Waals surface area contributed by atoms with Gasteiger partial charge in [0, 0.05) is 16.9 Å². The number of carbonyl (C=O) groups excluding carboxylic acids is 1. The molecule has 6 rings (SSSR count). The molecule has 3 aliphatic carbocycles. The van der Waals surface area contributed by atoms with Crippen molar-refractivity contribution in [1.82, 2.24) is 0 Å². The van der Waals surface area contributed by atoms with Crippen molar-refractivity contribution in [2.75, 3.05) is 6.61 Å². The minimum Gasteiger partial charge on any atom is -0.458 e. The Labute approximate surface area is 152 Å². The standard InChI is InChI=1S/C20H26O6/c1-8(2)13-14(21)16-20(26-16)18(3)5-4-9-10(7-24-17(9)23)11(18)6-12-19(20,25-12)15(13)22/h8,11-16,21-22H,4-7H2,1-3H3/t11-,12-,13?,14+,15+,16-,18-,19+,20+/m0/s1. The summed E-state index contributed by atoms with van der Waals surface area (Å²) in [5.74, 6) is -0.118. The Morgan fingerprint density at radius 3 is 2.73 bits per heavy atom. The van der Waals surface area contributed by atoms with Crippen LogP contribution < -0.4 is 0 Å². The van der Waals surface area contributed by atoms with Gasteiger partial charge in [0.2, 0.25) is 0 Å². The Balaban J connectivity index is 1.48. The minimum atomic E-state index is -0.726. The number of esters is 1. The molecule has 0 aromatic heterocycles. The number of aliphatic hydroxyl groups excluding tert-OH is 2. The van der Waals surface area contributed by atoms with Crippen LogP contribution in [0.2, 0.25) is 0 Å². The maximum atomic E-state index is 12.1. The van der Waals surface area contributed by atoms with Crippen LogP contribution in [0.1, 0.15) is 40.0 Å². The zero-order valence-corrected chi connectivity index (χ0v) is 15.4. The van der Waals surface area contributed by atoms with E-state index >= 15 is 0 Å². The first-order valence-corrected chi connectivity index (χ1v) is 9.90. The number of fused-ring (bicyclic) bond motifs is 2. The summed E-state index contributed by atoms with van der Waals surface area (Å²) in [6.45, 7) is 6.65. The summed E-state index contributed by atoms with van der Waals surface area (Å²) in [6, 6.07) is 0. The molecule has 0 bridgehead atoms. The molecule has 0 aromatic carbocycles. The topological polar surface area (TPSA) is 91.8 Å². The van der Waals surface area contributed by atoms with Crippen LogP contribution >= 0.6 is 0 Å². The van der Waals surface area contributed by atoms with E-state index in [0.717, 1.165) is 24.0 Å². The van der Waals surface area contributed by atoms with Crippen molar-refractivity contribution in [3.05, 3.63) is 11.1 Å². The van der Waals surface area contributed by atoms with Crippen LogP contribution in [0.15, 0.2) is 11.1 Å². The van der Waals surface area contributed by atoms with Crippen molar-refractivity contribution in [2.24, 2.45) is 23.2 Å². The molecule has 6 heteroatoms. The molecule has 2 spiro atoms. The van der Waals surface area contributed by atoms with Gasteiger partial charge in [-0.05, 0) is 36.7 Å². The average Bonchev–Trinajstić information content (AvgIpc) is 3.45. The van der Waals surface area contributed by atoms with Crippen LogP contribution in [0.4, 0.5) is 0 Å². The smallest absolute Gasteiger partial charge is 0.334 e. The molecule has 6 nitrogen and oxygen atoms in total. The molecule has 2 saturated heterocycles. The summed E-state index contributed by atoms with van der Waals surface area (Å²) < 4.78 is 17.9. The normalized spacial score (nSPS) is 59.1. The average molecular weight is 362 g/mol. The number of rotatable bonds is 1. The molecule has 3 heterocycles. The molecular weight excluding hydrogens is 336 g/mol. The van der Waals surface area contributed by atoms with Gasteiger partial charge in [-0.1, -0.05) is 20.8 Å². The first-order valence-electron chi connectivity index (χ1n) is 9.90. The van der Waals surface area contributed by atoms with Gasteiger partial charge in [-0.15, -0.1) is 0 Å². The van der Waals surface area contributed by atoms with E-state index in [2.05, 4.69) is 6.92 Å². The minimum absolute atomic E-state index is 0.0723. The lowest BCUT2D eigenvalue weighted by Gasteiger charge is -2.54. The Kier molecular flexibility index (Phi) is 2.70. The fourth-order valence-electron chi connectivity index (χ4n) is 7.39. The number of hydrogen-bond donors (Lipinski definition) is 2. The van der Waals surface area contributed by atoms with Crippen LogP contribution in [0, 0.1) is 23.2 Å². The molecule has 6 aliphatic rings. The summed E-state index contributed by atoms with van der Waals surface area (Å²) in [4.78, 5) is 12.1. The van der Waals surface area contributed by atoms with E-state index in [1.807, 2.05) is 13.8 Å². The third-order valence-corrected chi connectivity index (χ3v) is 8.65. The first kappa shape index (κ1) is 16.0. The molecule has 0 aromatic rings. The van der Waals surface area contributed by atoms with Crippen LogP contribution in [-0.2, 0) is 19.0 Å². The third kappa shape index (κ3) is 1.38. The number of ether oxygens (including phenoxy) is 3. The van der Waals surface area contributed by atoms with Gasteiger partial charge >= 0.3 is 5.97 Å². The van der Waals surface area contributed by atoms with Gasteiger partial charge in [0.15, 0.2) is 5.60 Å². The summed E-state index contributed by atoms with van der Waals surface area (Å²) in [6.07, 6.45) is 0.490. The summed E-state index contributed by atoms with van der Waals surface area (Å²) in [7, 11) is 0. The van der Waals surface area contributed by atoms with Gasteiger partial charge < -0.3 is 24.4 Å². The maximum absolute atomic E-state index is 12.1. The highest BCUT2D eigenvalue weighted by molar-refractivity contribution is 5.92. The molecule has 1 unspecified atom stereocenters. The summed E-state index contributed by atoms with van der Waals surface area (Å²) in [5.41, 5.74) is 0.333. The second-order valence-corrected chi connectivity index (χ2v) is 9.72. The molecular formula is C20H26O6. The number of aliphatic hydroxyl groups is 2. The van der Waals surface area contributed by atoms with E-state index in [4.69, 9.17) is 14.2 Å². The van der Waals surface area contributed by atoms with Gasteiger partial charge in [0.1, 0.15) is 18.3 Å². The van der Waals surface area contributed by atoms with E-state index in [9.17, 15) is 15.0 Å². The second-order valence-electron chi connectivity index (χ2n) is 9.72. The Hall–Kier alpha value is -0.950. The zero-order valence-electron chi connectivity index (χ0n) is 15.4. The molecule has 2 saturated carbocycles. The van der Waals surface area contributed by atoms with Gasteiger partial charge in [0.25, 0.3) is 0 Å². The van der Waals surface area contributed by atoms with E-state index < -0.39 is 23.4 Å². The van der Waals surface area contributed by atoms with Crippen molar-refractivity contribution < 1.29 is 29.2 Å². The number of carbonyl (C=O) groups is 1. The van der Waals surface area contributed by atoms with Gasteiger partial charge in [-0.25, -0.2) is 4.79 Å². The lowest BCUT2D eigenvalue weighted by Crippen LogP contribution is -2.69. The third-order valence-electron chi connectivity index (χ3n) is 8.65. The van der Waals surface area contributed by atoms with E-state index in [0.29, 0.717) is 13.0 Å². The van der Waals surface area contributed by atoms with Crippen LogP contribution in [0.25, 0.3) is 0 Å². The van der Waals surface area contributed by atoms with Crippen molar-refractivity contribution in [2.45, 2.75) is 75.7 Å². The number of cyclic esters (lactones) is 1. The fraction of sp³-hybridized carbons (Fsp3) is 0.850. The molecule has 26 heavy (non-hydrogen) atoms. The maximum Gasteiger partial charge on any atom is 0.334 e. The highest BCUT2D eigenvalue weighted by atomic mass is 16.7. The molecule has 4 fully saturated rings. The largest absolute Gasteiger partial charge is 0.458 e. The van der Waals surface area contributed by atoms with Gasteiger partial charge in [0.05, 0.1) is 18.3 Å². The zero-order chi connectivity index (χ0) is 18.2. The molecule has 0 amide bonds. The van der Waals surface area contributed by atoms with E-state index in [1.165, 1.54) is 0 Å². The molecule has 3 aliphatic heterocycles. The van der Waals surface area contributed by atoms with E-state index in [1.54, 1.807) is 0 Å².